The maximum atomic E-state index is 11.6. The molecule has 0 N–H and O–H groups in total. The quantitative estimate of drug-likeness (QED) is 0.560. The Bertz CT molecular complexity index is 70.0. The third kappa shape index (κ3) is 3.11. The van der Waals surface area contributed by atoms with Gasteiger partial charge in [0.25, 0.3) is 6.43 Å². The lowest BCUT2D eigenvalue weighted by atomic mass is 10.2. The van der Waals surface area contributed by atoms with Gasteiger partial charge >= 0.3 is 0 Å². The van der Waals surface area contributed by atoms with E-state index in [0.29, 0.717) is 13.0 Å². The molecule has 62 valence electrons. The zero-order valence-electron chi connectivity index (χ0n) is 6.44. The van der Waals surface area contributed by atoms with E-state index >= 15 is 0 Å². The fourth-order valence-electron chi connectivity index (χ4n) is 0.801. The van der Waals surface area contributed by atoms with Crippen molar-refractivity contribution in [2.45, 2.75) is 39.2 Å². The SMILES string of the molecule is CC.FC(F)C1CCCO1. The molecule has 0 spiro atoms. The summed E-state index contributed by atoms with van der Waals surface area (Å²) in [5.74, 6) is 0. The molecule has 1 saturated heterocycles. The van der Waals surface area contributed by atoms with E-state index in [1.807, 2.05) is 13.8 Å². The second-order valence-corrected chi connectivity index (χ2v) is 1.89. The smallest absolute Gasteiger partial charge is 0.264 e. The van der Waals surface area contributed by atoms with Gasteiger partial charge in [0.2, 0.25) is 0 Å². The average molecular weight is 152 g/mol. The van der Waals surface area contributed by atoms with Crippen LogP contribution >= 0.6 is 0 Å². The Kier molecular flexibility index (Phi) is 5.49. The van der Waals surface area contributed by atoms with Crippen LogP contribution in [0.1, 0.15) is 26.7 Å². The highest BCUT2D eigenvalue weighted by Gasteiger charge is 2.24. The van der Waals surface area contributed by atoms with Gasteiger partial charge in [-0.2, -0.15) is 0 Å². The summed E-state index contributed by atoms with van der Waals surface area (Å²) in [6.07, 6.45) is -1.74. The van der Waals surface area contributed by atoms with Gasteiger partial charge in [-0.25, -0.2) is 8.78 Å². The zero-order valence-corrected chi connectivity index (χ0v) is 6.44. The van der Waals surface area contributed by atoms with E-state index in [0.717, 1.165) is 6.42 Å². The van der Waals surface area contributed by atoms with Crippen LogP contribution in [0.5, 0.6) is 0 Å². The molecule has 1 fully saturated rings. The van der Waals surface area contributed by atoms with E-state index in [4.69, 9.17) is 0 Å². The topological polar surface area (TPSA) is 9.23 Å². The summed E-state index contributed by atoms with van der Waals surface area (Å²) in [6, 6.07) is 0. The van der Waals surface area contributed by atoms with Crippen molar-refractivity contribution in [3.05, 3.63) is 0 Å². The summed E-state index contributed by atoms with van der Waals surface area (Å²) in [7, 11) is 0. The van der Waals surface area contributed by atoms with Gasteiger partial charge in [-0.1, -0.05) is 13.8 Å². The highest BCUT2D eigenvalue weighted by Crippen LogP contribution is 2.17. The molecule has 1 nitrogen and oxygen atoms in total. The summed E-state index contributed by atoms with van der Waals surface area (Å²) in [4.78, 5) is 0. The van der Waals surface area contributed by atoms with Crippen LogP contribution in [-0.4, -0.2) is 19.1 Å². The van der Waals surface area contributed by atoms with Crippen LogP contribution in [0.2, 0.25) is 0 Å². The molecule has 3 heteroatoms. The summed E-state index contributed by atoms with van der Waals surface area (Å²) >= 11 is 0. The minimum atomic E-state index is -2.28. The molecule has 0 saturated carbocycles. The van der Waals surface area contributed by atoms with Crippen molar-refractivity contribution in [1.29, 1.82) is 0 Å². The number of alkyl halides is 2. The van der Waals surface area contributed by atoms with Crippen LogP contribution in [-0.2, 0) is 4.74 Å². The number of ether oxygens (including phenoxy) is 1. The van der Waals surface area contributed by atoms with Crippen molar-refractivity contribution >= 4 is 0 Å². The van der Waals surface area contributed by atoms with E-state index in [2.05, 4.69) is 4.74 Å². The molecule has 1 atom stereocenters. The molecular weight excluding hydrogens is 138 g/mol. The molecule has 1 heterocycles. The van der Waals surface area contributed by atoms with Crippen molar-refractivity contribution in [1.82, 2.24) is 0 Å². The molecule has 1 unspecified atom stereocenters. The first-order valence-corrected chi connectivity index (χ1v) is 3.70. The highest BCUT2D eigenvalue weighted by atomic mass is 19.3. The molecule has 0 amide bonds. The lowest BCUT2D eigenvalue weighted by Gasteiger charge is -2.04. The Morgan fingerprint density at radius 1 is 1.40 bits per heavy atom. The highest BCUT2D eigenvalue weighted by molar-refractivity contribution is 4.65. The van der Waals surface area contributed by atoms with Crippen LogP contribution in [0.4, 0.5) is 8.78 Å². The predicted molar refractivity (Wildman–Crippen MR) is 36.3 cm³/mol. The van der Waals surface area contributed by atoms with E-state index < -0.39 is 12.5 Å². The second-order valence-electron chi connectivity index (χ2n) is 1.89. The first-order chi connectivity index (χ1) is 4.80. The minimum Gasteiger partial charge on any atom is -0.372 e. The van der Waals surface area contributed by atoms with Gasteiger partial charge in [-0.05, 0) is 12.8 Å². The monoisotopic (exact) mass is 152 g/mol. The molecule has 10 heavy (non-hydrogen) atoms. The van der Waals surface area contributed by atoms with Crippen molar-refractivity contribution < 1.29 is 13.5 Å². The molecule has 0 radical (unpaired) electrons. The predicted octanol–water partition coefficient (Wildman–Crippen LogP) is 2.46. The summed E-state index contributed by atoms with van der Waals surface area (Å²) in [5, 5.41) is 0. The molecule has 1 aliphatic heterocycles. The number of hydrogen-bond donors (Lipinski definition) is 0. The lowest BCUT2D eigenvalue weighted by Crippen LogP contribution is -2.15. The summed E-state index contributed by atoms with van der Waals surface area (Å²) < 4.78 is 27.9. The normalized spacial score (nSPS) is 24.3. The number of rotatable bonds is 1. The van der Waals surface area contributed by atoms with Gasteiger partial charge in [-0.3, -0.25) is 0 Å². The molecule has 1 aliphatic rings. The maximum Gasteiger partial charge on any atom is 0.264 e. The van der Waals surface area contributed by atoms with Gasteiger partial charge in [0.15, 0.2) is 0 Å². The van der Waals surface area contributed by atoms with Gasteiger partial charge in [0.05, 0.1) is 0 Å². The molecule has 0 aromatic rings. The van der Waals surface area contributed by atoms with E-state index in [1.165, 1.54) is 0 Å². The average Bonchev–Trinajstić information content (AvgIpc) is 2.42. The molecule has 0 aliphatic carbocycles. The fraction of sp³-hybridized carbons (Fsp3) is 1.00. The van der Waals surface area contributed by atoms with Crippen molar-refractivity contribution in [2.24, 2.45) is 0 Å². The van der Waals surface area contributed by atoms with Crippen LogP contribution < -0.4 is 0 Å². The Balaban J connectivity index is 0.000000371. The second kappa shape index (κ2) is 5.59. The molecule has 0 aromatic heterocycles. The third-order valence-electron chi connectivity index (χ3n) is 1.25. The Morgan fingerprint density at radius 2 is 2.00 bits per heavy atom. The van der Waals surface area contributed by atoms with Crippen LogP contribution in [0.25, 0.3) is 0 Å². The first kappa shape index (κ1) is 9.82. The Labute approximate surface area is 60.4 Å². The largest absolute Gasteiger partial charge is 0.372 e. The van der Waals surface area contributed by atoms with Gasteiger partial charge < -0.3 is 4.74 Å². The van der Waals surface area contributed by atoms with Crippen molar-refractivity contribution in [3.8, 4) is 0 Å². The fourth-order valence-corrected chi connectivity index (χ4v) is 0.801. The number of hydrogen-bond acceptors (Lipinski definition) is 1. The van der Waals surface area contributed by atoms with Crippen LogP contribution in [0.15, 0.2) is 0 Å². The van der Waals surface area contributed by atoms with Gasteiger partial charge in [0.1, 0.15) is 6.10 Å². The Hall–Kier alpha value is -0.180. The first-order valence-electron chi connectivity index (χ1n) is 3.70. The van der Waals surface area contributed by atoms with E-state index in [1.54, 1.807) is 0 Å². The zero-order chi connectivity index (χ0) is 7.98. The molecule has 0 bridgehead atoms. The van der Waals surface area contributed by atoms with Gasteiger partial charge in [-0.15, -0.1) is 0 Å². The van der Waals surface area contributed by atoms with E-state index in [9.17, 15) is 8.78 Å². The van der Waals surface area contributed by atoms with E-state index in [-0.39, 0.29) is 0 Å². The molecule has 1 rings (SSSR count). The molecule has 0 aromatic carbocycles. The Morgan fingerprint density at radius 3 is 2.20 bits per heavy atom. The van der Waals surface area contributed by atoms with Crippen LogP contribution in [0.3, 0.4) is 0 Å². The third-order valence-corrected chi connectivity index (χ3v) is 1.25. The standard InChI is InChI=1S/C5H8F2O.C2H6/c6-5(7)4-2-1-3-8-4;1-2/h4-5H,1-3H2;1-2H3. The molecular formula is C7H14F2O. The van der Waals surface area contributed by atoms with Crippen molar-refractivity contribution in [2.75, 3.05) is 6.61 Å². The van der Waals surface area contributed by atoms with Crippen molar-refractivity contribution in [3.63, 3.8) is 0 Å². The van der Waals surface area contributed by atoms with Crippen LogP contribution in [0, 0.1) is 0 Å². The minimum absolute atomic E-state index is 0.509. The number of halogens is 2. The summed E-state index contributed by atoms with van der Waals surface area (Å²) in [6.45, 7) is 4.51. The summed E-state index contributed by atoms with van der Waals surface area (Å²) in [5.41, 5.74) is 0. The lowest BCUT2D eigenvalue weighted by molar-refractivity contribution is -0.0219. The van der Waals surface area contributed by atoms with Gasteiger partial charge in [0, 0.05) is 6.61 Å². The maximum absolute atomic E-state index is 11.6.